The molecule has 0 saturated heterocycles. The summed E-state index contributed by atoms with van der Waals surface area (Å²) in [5, 5.41) is 11.6. The molecule has 66 heavy (non-hydrogen) atoms. The van der Waals surface area contributed by atoms with Gasteiger partial charge in [0.25, 0.3) is 0 Å². The molecule has 0 aliphatic carbocycles. The van der Waals surface area contributed by atoms with E-state index in [2.05, 4.69) is 187 Å². The van der Waals surface area contributed by atoms with Crippen molar-refractivity contribution in [3.8, 4) is 45.6 Å². The molecule has 6 nitrogen and oxygen atoms in total. The van der Waals surface area contributed by atoms with Crippen LogP contribution in [0.1, 0.15) is 52.7 Å². The third-order valence-corrected chi connectivity index (χ3v) is 17.2. The van der Waals surface area contributed by atoms with Crippen molar-refractivity contribution in [2.45, 2.75) is 52.4 Å². The lowest BCUT2D eigenvalue weighted by Crippen LogP contribution is -2.27. The van der Waals surface area contributed by atoms with E-state index in [0.29, 0.717) is 34.5 Å². The molecule has 0 unspecified atom stereocenters. The second kappa shape index (κ2) is 19.0. The summed E-state index contributed by atoms with van der Waals surface area (Å²) in [6.07, 6.45) is 0. The van der Waals surface area contributed by atoms with Gasteiger partial charge in [0.1, 0.15) is 0 Å². The summed E-state index contributed by atoms with van der Waals surface area (Å²) in [4.78, 5) is 0. The van der Waals surface area contributed by atoms with Gasteiger partial charge in [0.05, 0.1) is 42.7 Å². The normalized spacial score (nSPS) is 11.9. The minimum Gasteiger partial charge on any atom is -0.493 e. The lowest BCUT2D eigenvalue weighted by Gasteiger charge is -2.30. The maximum atomic E-state index is 6.06. The first kappa shape index (κ1) is 46.5. The van der Waals surface area contributed by atoms with E-state index in [4.69, 9.17) is 28.4 Å². The van der Waals surface area contributed by atoms with Gasteiger partial charge in [-0.25, -0.2) is 0 Å². The van der Waals surface area contributed by atoms with Crippen molar-refractivity contribution < 1.29 is 28.4 Å². The third-order valence-electron chi connectivity index (χ3n) is 12.3. The van der Waals surface area contributed by atoms with Crippen molar-refractivity contribution in [2.24, 2.45) is 0 Å². The molecule has 8 aromatic rings. The number of fused-ring (bicyclic) bond motifs is 2. The number of benzene rings is 8. The van der Waals surface area contributed by atoms with Crippen LogP contribution < -0.4 is 60.2 Å². The monoisotopic (exact) mass is 914 g/mol. The van der Waals surface area contributed by atoms with Crippen molar-refractivity contribution >= 4 is 69.2 Å². The summed E-state index contributed by atoms with van der Waals surface area (Å²) >= 11 is 0. The lowest BCUT2D eigenvalue weighted by atomic mass is 9.87. The lowest BCUT2D eigenvalue weighted by molar-refractivity contribution is 0.325. The number of hydrogen-bond donors (Lipinski definition) is 0. The maximum Gasteiger partial charge on any atom is 0.203 e. The zero-order chi connectivity index (χ0) is 46.9. The predicted molar refractivity (Wildman–Crippen MR) is 281 cm³/mol. The van der Waals surface area contributed by atoms with Gasteiger partial charge < -0.3 is 28.4 Å². The molecule has 338 valence electrons. The van der Waals surface area contributed by atoms with Crippen molar-refractivity contribution in [1.82, 2.24) is 0 Å². The van der Waals surface area contributed by atoms with E-state index < -0.39 is 15.8 Å². The Morgan fingerprint density at radius 3 is 0.955 bits per heavy atom. The summed E-state index contributed by atoms with van der Waals surface area (Å²) in [6, 6.07) is 54.0. The van der Waals surface area contributed by atoms with Gasteiger partial charge in [0.2, 0.25) is 11.5 Å². The Bertz CT molecular complexity index is 2850. The average molecular weight is 915 g/mol. The van der Waals surface area contributed by atoms with Gasteiger partial charge in [-0.15, -0.1) is 0 Å². The Morgan fingerprint density at radius 1 is 0.333 bits per heavy atom. The molecule has 0 atom stereocenters. The van der Waals surface area contributed by atoms with Gasteiger partial charge in [-0.05, 0) is 127 Å². The molecule has 8 rings (SSSR count). The van der Waals surface area contributed by atoms with Gasteiger partial charge in [0.15, 0.2) is 23.0 Å². The highest BCUT2D eigenvalue weighted by atomic mass is 31.1. The molecule has 0 N–H and O–H groups in total. The Labute approximate surface area is 393 Å². The fraction of sp³-hybridized carbons (Fsp3) is 0.241. The molecule has 0 aliphatic rings. The Balaban J connectivity index is 1.54. The van der Waals surface area contributed by atoms with Crippen molar-refractivity contribution in [3.05, 3.63) is 157 Å². The van der Waals surface area contributed by atoms with E-state index >= 15 is 0 Å². The molecular weight excluding hydrogens is 855 g/mol. The Morgan fingerprint density at radius 2 is 0.652 bits per heavy atom. The number of hydrogen-bond acceptors (Lipinski definition) is 6. The number of rotatable bonds is 13. The molecular formula is C58H60O6P2. The van der Waals surface area contributed by atoms with E-state index in [1.54, 1.807) is 42.7 Å². The first-order valence-electron chi connectivity index (χ1n) is 22.2. The third kappa shape index (κ3) is 8.82. The summed E-state index contributed by atoms with van der Waals surface area (Å²) in [6.45, 7) is 13.7. The van der Waals surface area contributed by atoms with Gasteiger partial charge in [-0.2, -0.15) is 0 Å². The van der Waals surface area contributed by atoms with Crippen LogP contribution in [0.4, 0.5) is 0 Å². The largest absolute Gasteiger partial charge is 0.493 e. The van der Waals surface area contributed by atoms with Crippen LogP contribution in [0.25, 0.3) is 32.7 Å². The molecule has 8 heteroatoms. The van der Waals surface area contributed by atoms with E-state index in [1.807, 2.05) is 0 Å². The van der Waals surface area contributed by atoms with Crippen LogP contribution in [-0.4, -0.2) is 42.7 Å². The Hall–Kier alpha value is -6.06. The predicted octanol–water partition coefficient (Wildman–Crippen LogP) is 11.8. The molecule has 0 aliphatic heterocycles. The number of ether oxygens (including phenoxy) is 6. The smallest absolute Gasteiger partial charge is 0.203 e. The number of methoxy groups -OCH3 is 6. The average Bonchev–Trinajstić information content (AvgIpc) is 3.33. The summed E-state index contributed by atoms with van der Waals surface area (Å²) in [5.41, 5.74) is 5.01. The fourth-order valence-electron chi connectivity index (χ4n) is 8.89. The molecule has 0 radical (unpaired) electrons. The van der Waals surface area contributed by atoms with E-state index in [1.165, 1.54) is 48.9 Å². The van der Waals surface area contributed by atoms with Crippen molar-refractivity contribution in [3.63, 3.8) is 0 Å². The van der Waals surface area contributed by atoms with Crippen molar-refractivity contribution in [1.29, 1.82) is 0 Å². The quantitative estimate of drug-likeness (QED) is 0.107. The van der Waals surface area contributed by atoms with Crippen LogP contribution >= 0.6 is 15.8 Å². The van der Waals surface area contributed by atoms with Crippen LogP contribution in [0.5, 0.6) is 34.5 Å². The second-order valence-electron chi connectivity index (χ2n) is 18.4. The van der Waals surface area contributed by atoms with Gasteiger partial charge in [0, 0.05) is 0 Å². The van der Waals surface area contributed by atoms with Crippen LogP contribution in [0, 0.1) is 0 Å². The van der Waals surface area contributed by atoms with Crippen LogP contribution in [0.2, 0.25) is 0 Å². The fourth-order valence-corrected chi connectivity index (χ4v) is 13.8. The first-order chi connectivity index (χ1) is 31.7. The molecule has 0 amide bonds. The Kier molecular flexibility index (Phi) is 13.4. The molecule has 8 aromatic carbocycles. The van der Waals surface area contributed by atoms with Crippen LogP contribution in [-0.2, 0) is 10.8 Å². The van der Waals surface area contributed by atoms with Gasteiger partial charge in [-0.1, -0.05) is 163 Å². The van der Waals surface area contributed by atoms with Crippen molar-refractivity contribution in [2.75, 3.05) is 42.7 Å². The van der Waals surface area contributed by atoms with Gasteiger partial charge in [-0.3, -0.25) is 0 Å². The molecule has 0 bridgehead atoms. The van der Waals surface area contributed by atoms with Crippen LogP contribution in [0.3, 0.4) is 0 Å². The molecule has 0 fully saturated rings. The SMILES string of the molecule is COc1cc(P(c2cc(OC)c(OC)c(OC)c2)c2ccc3ccccc3c2-c2c(P(c3ccc(C(C)(C)C)cc3)c3ccc(C(C)(C)C)cc3)ccc3ccccc23)cc(OC)c1OC. The standard InChI is InChI=1S/C58H60O6P2/c1-57(2,3)39-23-27-41(28-24-39)65(42-29-25-40(26-30-42)58(4,5)6)51-31-21-37-17-13-15-19-45(37)53(51)54-46-20-16-14-18-38(46)22-32-52(54)66(43-33-47(59-7)55(63-11)48(34-43)60-8)44-35-49(61-9)56(64-12)50(36-44)62-10/h13-36H,1-12H3. The summed E-state index contributed by atoms with van der Waals surface area (Å²) in [7, 11) is 7.38. The first-order valence-corrected chi connectivity index (χ1v) is 24.9. The summed E-state index contributed by atoms with van der Waals surface area (Å²) < 4.78 is 36.0. The zero-order valence-electron chi connectivity index (χ0n) is 40.2. The minimum atomic E-state index is -1.44. The maximum absolute atomic E-state index is 6.06. The van der Waals surface area contributed by atoms with E-state index in [9.17, 15) is 0 Å². The minimum absolute atomic E-state index is 0.0123. The highest BCUT2D eigenvalue weighted by Gasteiger charge is 2.31. The molecule has 0 saturated carbocycles. The highest BCUT2D eigenvalue weighted by molar-refractivity contribution is 7.81. The highest BCUT2D eigenvalue weighted by Crippen LogP contribution is 2.50. The second-order valence-corrected chi connectivity index (χ2v) is 22.8. The van der Waals surface area contributed by atoms with E-state index in [0.717, 1.165) is 26.7 Å². The zero-order valence-corrected chi connectivity index (χ0v) is 42.0. The van der Waals surface area contributed by atoms with Crippen LogP contribution in [0.15, 0.2) is 146 Å². The molecule has 0 aromatic heterocycles. The summed E-state index contributed by atoms with van der Waals surface area (Å²) in [5.74, 6) is 3.34. The molecule has 0 spiro atoms. The van der Waals surface area contributed by atoms with Gasteiger partial charge >= 0.3 is 0 Å². The topological polar surface area (TPSA) is 55.4 Å². The van der Waals surface area contributed by atoms with E-state index in [-0.39, 0.29) is 10.8 Å². The molecule has 0 heterocycles.